The molecule has 0 aliphatic rings. The SMILES string of the molecule is O=C(Nc1cccc(Cl)c1)Nc1cccc(Cl)n1. The summed E-state index contributed by atoms with van der Waals surface area (Å²) >= 11 is 11.5. The molecule has 0 fully saturated rings. The van der Waals surface area contributed by atoms with E-state index >= 15 is 0 Å². The van der Waals surface area contributed by atoms with Crippen molar-refractivity contribution in [2.75, 3.05) is 10.6 Å². The van der Waals surface area contributed by atoms with E-state index in [1.807, 2.05) is 0 Å². The lowest BCUT2D eigenvalue weighted by Gasteiger charge is -2.07. The molecule has 0 saturated heterocycles. The first kappa shape index (κ1) is 12.7. The second-order valence-electron chi connectivity index (χ2n) is 3.44. The van der Waals surface area contributed by atoms with Crippen molar-refractivity contribution in [3.05, 3.63) is 52.6 Å². The summed E-state index contributed by atoms with van der Waals surface area (Å²) in [6.45, 7) is 0. The lowest BCUT2D eigenvalue weighted by molar-refractivity contribution is 0.262. The molecular formula is C12H9Cl2N3O. The molecule has 0 radical (unpaired) electrons. The molecule has 1 heterocycles. The fourth-order valence-corrected chi connectivity index (χ4v) is 1.68. The smallest absolute Gasteiger partial charge is 0.308 e. The zero-order valence-electron chi connectivity index (χ0n) is 9.15. The molecule has 0 saturated carbocycles. The average Bonchev–Trinajstić information content (AvgIpc) is 2.28. The highest BCUT2D eigenvalue weighted by atomic mass is 35.5. The molecule has 2 amide bonds. The van der Waals surface area contributed by atoms with E-state index in [0.29, 0.717) is 21.7 Å². The lowest BCUT2D eigenvalue weighted by atomic mass is 10.3. The van der Waals surface area contributed by atoms with Gasteiger partial charge < -0.3 is 5.32 Å². The Balaban J connectivity index is 2.01. The highest BCUT2D eigenvalue weighted by Crippen LogP contribution is 2.15. The van der Waals surface area contributed by atoms with Gasteiger partial charge >= 0.3 is 6.03 Å². The van der Waals surface area contributed by atoms with Gasteiger partial charge in [0, 0.05) is 10.7 Å². The maximum absolute atomic E-state index is 11.7. The number of nitrogens with one attached hydrogen (secondary N) is 2. The van der Waals surface area contributed by atoms with E-state index in [0.717, 1.165) is 0 Å². The van der Waals surface area contributed by atoms with Crippen molar-refractivity contribution in [2.24, 2.45) is 0 Å². The summed E-state index contributed by atoms with van der Waals surface area (Å²) in [5.74, 6) is 0.377. The van der Waals surface area contributed by atoms with Gasteiger partial charge in [0.1, 0.15) is 11.0 Å². The normalized spacial score (nSPS) is 9.89. The first-order valence-corrected chi connectivity index (χ1v) is 5.85. The van der Waals surface area contributed by atoms with Gasteiger partial charge in [0.25, 0.3) is 0 Å². The number of carbonyl (C=O) groups excluding carboxylic acids is 1. The van der Waals surface area contributed by atoms with Crippen LogP contribution in [0.1, 0.15) is 0 Å². The molecule has 2 N–H and O–H groups in total. The third-order valence-electron chi connectivity index (χ3n) is 2.04. The van der Waals surface area contributed by atoms with Crippen molar-refractivity contribution in [3.63, 3.8) is 0 Å². The summed E-state index contributed by atoms with van der Waals surface area (Å²) in [5.41, 5.74) is 0.599. The molecule has 18 heavy (non-hydrogen) atoms. The maximum Gasteiger partial charge on any atom is 0.324 e. The van der Waals surface area contributed by atoms with Crippen LogP contribution in [0.3, 0.4) is 0 Å². The number of hydrogen-bond donors (Lipinski definition) is 2. The van der Waals surface area contributed by atoms with Gasteiger partial charge in [-0.1, -0.05) is 35.3 Å². The molecule has 1 aromatic carbocycles. The Bertz CT molecular complexity index is 525. The van der Waals surface area contributed by atoms with Crippen molar-refractivity contribution in [1.82, 2.24) is 4.98 Å². The van der Waals surface area contributed by atoms with E-state index in [9.17, 15) is 4.79 Å². The number of amides is 2. The quantitative estimate of drug-likeness (QED) is 0.817. The van der Waals surface area contributed by atoms with E-state index in [1.165, 1.54) is 0 Å². The van der Waals surface area contributed by atoms with Crippen LogP contribution in [-0.4, -0.2) is 11.0 Å². The van der Waals surface area contributed by atoms with Crippen LogP contribution in [0, 0.1) is 0 Å². The number of rotatable bonds is 2. The van der Waals surface area contributed by atoms with E-state index in [2.05, 4.69) is 15.6 Å². The van der Waals surface area contributed by atoms with Gasteiger partial charge in [0.2, 0.25) is 0 Å². The van der Waals surface area contributed by atoms with E-state index < -0.39 is 6.03 Å². The lowest BCUT2D eigenvalue weighted by Crippen LogP contribution is -2.20. The van der Waals surface area contributed by atoms with Gasteiger partial charge in [-0.3, -0.25) is 5.32 Å². The van der Waals surface area contributed by atoms with Crippen LogP contribution in [0.5, 0.6) is 0 Å². The molecule has 0 spiro atoms. The van der Waals surface area contributed by atoms with Crippen molar-refractivity contribution < 1.29 is 4.79 Å². The second kappa shape index (κ2) is 5.71. The zero-order chi connectivity index (χ0) is 13.0. The average molecular weight is 282 g/mol. The van der Waals surface area contributed by atoms with Crippen LogP contribution >= 0.6 is 23.2 Å². The summed E-state index contributed by atoms with van der Waals surface area (Å²) < 4.78 is 0. The van der Waals surface area contributed by atoms with Gasteiger partial charge in [0.05, 0.1) is 0 Å². The Morgan fingerprint density at radius 2 is 1.83 bits per heavy atom. The Hall–Kier alpha value is -1.78. The van der Waals surface area contributed by atoms with Gasteiger partial charge in [-0.05, 0) is 30.3 Å². The number of benzene rings is 1. The maximum atomic E-state index is 11.7. The Morgan fingerprint density at radius 1 is 1.06 bits per heavy atom. The molecule has 1 aromatic heterocycles. The van der Waals surface area contributed by atoms with Crippen LogP contribution in [0.15, 0.2) is 42.5 Å². The summed E-state index contributed by atoms with van der Waals surface area (Å²) in [5, 5.41) is 6.06. The van der Waals surface area contributed by atoms with Crippen LogP contribution < -0.4 is 10.6 Å². The molecule has 0 aliphatic carbocycles. The number of urea groups is 1. The van der Waals surface area contributed by atoms with E-state index in [-0.39, 0.29) is 0 Å². The van der Waals surface area contributed by atoms with Crippen LogP contribution in [0.2, 0.25) is 10.2 Å². The minimum atomic E-state index is -0.410. The van der Waals surface area contributed by atoms with Gasteiger partial charge in [-0.25, -0.2) is 9.78 Å². The molecule has 4 nitrogen and oxygen atoms in total. The molecule has 6 heteroatoms. The fraction of sp³-hybridized carbons (Fsp3) is 0. The molecule has 2 aromatic rings. The predicted octanol–water partition coefficient (Wildman–Crippen LogP) is 4.03. The molecule has 0 bridgehead atoms. The Morgan fingerprint density at radius 3 is 2.56 bits per heavy atom. The summed E-state index contributed by atoms with van der Waals surface area (Å²) in [4.78, 5) is 15.6. The molecule has 0 unspecified atom stereocenters. The van der Waals surface area contributed by atoms with Crippen molar-refractivity contribution in [1.29, 1.82) is 0 Å². The second-order valence-corrected chi connectivity index (χ2v) is 4.26. The van der Waals surface area contributed by atoms with Gasteiger partial charge in [-0.2, -0.15) is 0 Å². The first-order valence-electron chi connectivity index (χ1n) is 5.09. The van der Waals surface area contributed by atoms with Gasteiger partial charge in [-0.15, -0.1) is 0 Å². The summed E-state index contributed by atoms with van der Waals surface area (Å²) in [6.07, 6.45) is 0. The number of halogens is 2. The zero-order valence-corrected chi connectivity index (χ0v) is 10.7. The Kier molecular flexibility index (Phi) is 4.02. The molecule has 0 aliphatic heterocycles. The number of anilines is 2. The molecular weight excluding hydrogens is 273 g/mol. The molecule has 92 valence electrons. The summed E-state index contributed by atoms with van der Waals surface area (Å²) in [7, 11) is 0. The Labute approximate surface area is 114 Å². The first-order chi connectivity index (χ1) is 8.63. The third-order valence-corrected chi connectivity index (χ3v) is 2.48. The highest BCUT2D eigenvalue weighted by Gasteiger charge is 2.04. The number of carbonyl (C=O) groups is 1. The van der Waals surface area contributed by atoms with Crippen molar-refractivity contribution in [2.45, 2.75) is 0 Å². The minimum absolute atomic E-state index is 0.315. The van der Waals surface area contributed by atoms with Crippen molar-refractivity contribution in [3.8, 4) is 0 Å². The largest absolute Gasteiger partial charge is 0.324 e. The molecule has 0 atom stereocenters. The van der Waals surface area contributed by atoms with Crippen LogP contribution in [0.25, 0.3) is 0 Å². The fourth-order valence-electron chi connectivity index (χ4n) is 1.32. The van der Waals surface area contributed by atoms with E-state index in [1.54, 1.807) is 42.5 Å². The minimum Gasteiger partial charge on any atom is -0.308 e. The topological polar surface area (TPSA) is 54.0 Å². The standard InChI is InChI=1S/C12H9Cl2N3O/c13-8-3-1-4-9(7-8)15-12(18)17-11-6-2-5-10(14)16-11/h1-7H,(H2,15,16,17,18). The monoisotopic (exact) mass is 281 g/mol. The van der Waals surface area contributed by atoms with Crippen LogP contribution in [-0.2, 0) is 0 Å². The van der Waals surface area contributed by atoms with Crippen LogP contribution in [0.4, 0.5) is 16.3 Å². The highest BCUT2D eigenvalue weighted by molar-refractivity contribution is 6.31. The summed E-state index contributed by atoms with van der Waals surface area (Å²) in [6, 6.07) is 11.4. The van der Waals surface area contributed by atoms with Gasteiger partial charge in [0.15, 0.2) is 0 Å². The number of hydrogen-bond acceptors (Lipinski definition) is 2. The number of pyridine rings is 1. The predicted molar refractivity (Wildman–Crippen MR) is 73.3 cm³/mol. The molecule has 2 rings (SSSR count). The number of aromatic nitrogens is 1. The van der Waals surface area contributed by atoms with Crippen molar-refractivity contribution >= 4 is 40.7 Å². The number of nitrogens with zero attached hydrogens (tertiary/aromatic N) is 1. The van der Waals surface area contributed by atoms with E-state index in [4.69, 9.17) is 23.2 Å². The third kappa shape index (κ3) is 3.61.